The van der Waals surface area contributed by atoms with Crippen LogP contribution in [0.2, 0.25) is 0 Å². The molecule has 1 unspecified atom stereocenters. The van der Waals surface area contributed by atoms with Crippen LogP contribution < -0.4 is 10.6 Å². The first kappa shape index (κ1) is 16.9. The van der Waals surface area contributed by atoms with Crippen LogP contribution in [0.3, 0.4) is 0 Å². The van der Waals surface area contributed by atoms with E-state index in [1.165, 1.54) is 22.4 Å². The Kier molecular flexibility index (Phi) is 4.80. The zero-order valence-corrected chi connectivity index (χ0v) is 14.8. The first-order chi connectivity index (χ1) is 12.7. The highest BCUT2D eigenvalue weighted by Gasteiger charge is 2.23. The van der Waals surface area contributed by atoms with Gasteiger partial charge < -0.3 is 20.1 Å². The van der Waals surface area contributed by atoms with Crippen molar-refractivity contribution in [2.45, 2.75) is 25.4 Å². The minimum atomic E-state index is -0.703. The number of primary amides is 1. The lowest BCUT2D eigenvalue weighted by molar-refractivity contribution is 0.0959. The van der Waals surface area contributed by atoms with Crippen molar-refractivity contribution in [3.8, 4) is 11.1 Å². The number of amides is 1. The van der Waals surface area contributed by atoms with E-state index in [4.69, 9.17) is 15.2 Å². The van der Waals surface area contributed by atoms with Crippen molar-refractivity contribution < 1.29 is 14.3 Å². The minimum Gasteiger partial charge on any atom is -0.442 e. The molecule has 1 heterocycles. The number of benzene rings is 2. The normalized spacial score (nSPS) is 19.7. The van der Waals surface area contributed by atoms with E-state index >= 15 is 0 Å². The van der Waals surface area contributed by atoms with Crippen molar-refractivity contribution in [1.82, 2.24) is 0 Å². The van der Waals surface area contributed by atoms with E-state index < -0.39 is 6.09 Å². The number of aryl methyl sites for hydroxylation is 1. The van der Waals surface area contributed by atoms with Gasteiger partial charge in [-0.05, 0) is 53.6 Å². The SMILES string of the molecule is NC(=O)OC1CCCc2cc(-c3ccc(N4CCOCC4)cc3)ccc21. The second-order valence-electron chi connectivity index (χ2n) is 6.88. The third kappa shape index (κ3) is 3.53. The summed E-state index contributed by atoms with van der Waals surface area (Å²) in [6.45, 7) is 3.47. The molecular formula is C21H24N2O3. The van der Waals surface area contributed by atoms with Gasteiger partial charge in [-0.25, -0.2) is 4.79 Å². The molecule has 0 spiro atoms. The van der Waals surface area contributed by atoms with E-state index in [9.17, 15) is 4.79 Å². The van der Waals surface area contributed by atoms with Crippen LogP contribution >= 0.6 is 0 Å². The van der Waals surface area contributed by atoms with E-state index in [1.54, 1.807) is 0 Å². The van der Waals surface area contributed by atoms with Crippen molar-refractivity contribution >= 4 is 11.8 Å². The first-order valence-corrected chi connectivity index (χ1v) is 9.23. The monoisotopic (exact) mass is 352 g/mol. The van der Waals surface area contributed by atoms with Crippen molar-refractivity contribution in [3.05, 3.63) is 53.6 Å². The fraction of sp³-hybridized carbons (Fsp3) is 0.381. The molecule has 2 aromatic carbocycles. The Morgan fingerprint density at radius 2 is 1.81 bits per heavy atom. The molecule has 1 amide bonds. The largest absolute Gasteiger partial charge is 0.442 e. The van der Waals surface area contributed by atoms with Gasteiger partial charge in [-0.3, -0.25) is 0 Å². The molecule has 5 nitrogen and oxygen atoms in total. The zero-order chi connectivity index (χ0) is 17.9. The predicted octanol–water partition coefficient (Wildman–Crippen LogP) is 3.66. The van der Waals surface area contributed by atoms with Gasteiger partial charge >= 0.3 is 6.09 Å². The number of hydrogen-bond acceptors (Lipinski definition) is 4. The minimum absolute atomic E-state index is 0.214. The molecule has 2 aliphatic rings. The molecule has 0 aromatic heterocycles. The second kappa shape index (κ2) is 7.38. The van der Waals surface area contributed by atoms with Crippen LogP contribution in [0.5, 0.6) is 0 Å². The molecule has 1 saturated heterocycles. The molecule has 1 fully saturated rings. The van der Waals surface area contributed by atoms with Crippen molar-refractivity contribution in [1.29, 1.82) is 0 Å². The molecule has 2 N–H and O–H groups in total. The first-order valence-electron chi connectivity index (χ1n) is 9.23. The highest BCUT2D eigenvalue weighted by Crippen LogP contribution is 2.35. The van der Waals surface area contributed by atoms with E-state index in [0.29, 0.717) is 0 Å². The second-order valence-corrected chi connectivity index (χ2v) is 6.88. The number of ether oxygens (including phenoxy) is 2. The molecule has 0 radical (unpaired) electrons. The van der Waals surface area contributed by atoms with Gasteiger partial charge in [-0.1, -0.05) is 30.3 Å². The maximum Gasteiger partial charge on any atom is 0.405 e. The number of nitrogens with zero attached hydrogens (tertiary/aromatic N) is 1. The Balaban J connectivity index is 1.55. The van der Waals surface area contributed by atoms with E-state index in [0.717, 1.165) is 51.1 Å². The Morgan fingerprint density at radius 1 is 1.08 bits per heavy atom. The van der Waals surface area contributed by atoms with Gasteiger partial charge in [0.15, 0.2) is 0 Å². The summed E-state index contributed by atoms with van der Waals surface area (Å²) >= 11 is 0. The van der Waals surface area contributed by atoms with E-state index in [2.05, 4.69) is 47.4 Å². The summed E-state index contributed by atoms with van der Waals surface area (Å²) in [5.74, 6) is 0. The molecule has 1 aliphatic carbocycles. The number of anilines is 1. The van der Waals surface area contributed by atoms with Crippen molar-refractivity contribution in [2.24, 2.45) is 5.73 Å². The molecule has 2 aromatic rings. The molecule has 0 saturated carbocycles. The molecule has 1 atom stereocenters. The number of morpholine rings is 1. The number of hydrogen-bond donors (Lipinski definition) is 1. The summed E-state index contributed by atoms with van der Waals surface area (Å²) in [5.41, 5.74) is 11.2. The Labute approximate surface area is 153 Å². The quantitative estimate of drug-likeness (QED) is 0.915. The third-order valence-electron chi connectivity index (χ3n) is 5.24. The Bertz CT molecular complexity index is 782. The van der Waals surface area contributed by atoms with E-state index in [1.807, 2.05) is 0 Å². The topological polar surface area (TPSA) is 64.8 Å². The Morgan fingerprint density at radius 3 is 2.54 bits per heavy atom. The summed E-state index contributed by atoms with van der Waals surface area (Å²) in [6, 6.07) is 15.1. The van der Waals surface area contributed by atoms with Gasteiger partial charge in [-0.2, -0.15) is 0 Å². The number of nitrogens with two attached hydrogens (primary N) is 1. The molecular weight excluding hydrogens is 328 g/mol. The van der Waals surface area contributed by atoms with Gasteiger partial charge in [0, 0.05) is 18.8 Å². The van der Waals surface area contributed by atoms with Crippen LogP contribution in [0, 0.1) is 0 Å². The number of fused-ring (bicyclic) bond motifs is 1. The highest BCUT2D eigenvalue weighted by molar-refractivity contribution is 5.68. The average Bonchev–Trinajstić information content (AvgIpc) is 2.68. The summed E-state index contributed by atoms with van der Waals surface area (Å²) in [4.78, 5) is 13.5. The van der Waals surface area contributed by atoms with Crippen molar-refractivity contribution in [2.75, 3.05) is 31.2 Å². The van der Waals surface area contributed by atoms with Crippen LogP contribution in [0.15, 0.2) is 42.5 Å². The maximum absolute atomic E-state index is 11.1. The van der Waals surface area contributed by atoms with Gasteiger partial charge in [0.05, 0.1) is 13.2 Å². The molecule has 0 bridgehead atoms. The lowest BCUT2D eigenvalue weighted by Crippen LogP contribution is -2.36. The lowest BCUT2D eigenvalue weighted by atomic mass is 9.87. The summed E-state index contributed by atoms with van der Waals surface area (Å²) in [5, 5.41) is 0. The van der Waals surface area contributed by atoms with Gasteiger partial charge in [-0.15, -0.1) is 0 Å². The van der Waals surface area contributed by atoms with Crippen LogP contribution in [0.4, 0.5) is 10.5 Å². The molecule has 26 heavy (non-hydrogen) atoms. The van der Waals surface area contributed by atoms with Gasteiger partial charge in [0.25, 0.3) is 0 Å². The Hall–Kier alpha value is -2.53. The molecule has 5 heteroatoms. The number of rotatable bonds is 3. The summed E-state index contributed by atoms with van der Waals surface area (Å²) in [6.07, 6.45) is 1.93. The summed E-state index contributed by atoms with van der Waals surface area (Å²) < 4.78 is 10.7. The molecule has 4 rings (SSSR count). The lowest BCUT2D eigenvalue weighted by Gasteiger charge is -2.29. The third-order valence-corrected chi connectivity index (χ3v) is 5.24. The molecule has 136 valence electrons. The van der Waals surface area contributed by atoms with Crippen molar-refractivity contribution in [3.63, 3.8) is 0 Å². The zero-order valence-electron chi connectivity index (χ0n) is 14.8. The standard InChI is InChI=1S/C21H24N2O3/c22-21(24)26-20-3-1-2-17-14-16(6-9-19(17)20)15-4-7-18(8-5-15)23-10-12-25-13-11-23/h4-9,14,20H,1-3,10-13H2,(H2,22,24). The molecule has 1 aliphatic heterocycles. The van der Waals surface area contributed by atoms with Crippen LogP contribution in [-0.4, -0.2) is 32.4 Å². The average molecular weight is 352 g/mol. The van der Waals surface area contributed by atoms with E-state index in [-0.39, 0.29) is 6.10 Å². The number of carbonyl (C=O) groups is 1. The summed E-state index contributed by atoms with van der Waals surface area (Å²) in [7, 11) is 0. The van der Waals surface area contributed by atoms with Gasteiger partial charge in [0.2, 0.25) is 0 Å². The fourth-order valence-electron chi connectivity index (χ4n) is 3.90. The highest BCUT2D eigenvalue weighted by atomic mass is 16.6. The predicted molar refractivity (Wildman–Crippen MR) is 101 cm³/mol. The van der Waals surface area contributed by atoms with Gasteiger partial charge in [0.1, 0.15) is 6.10 Å². The number of carbonyl (C=O) groups excluding carboxylic acids is 1. The fourth-order valence-corrected chi connectivity index (χ4v) is 3.90. The smallest absolute Gasteiger partial charge is 0.405 e. The maximum atomic E-state index is 11.1. The van der Waals surface area contributed by atoms with Crippen LogP contribution in [0.1, 0.15) is 30.1 Å². The van der Waals surface area contributed by atoms with Crippen LogP contribution in [-0.2, 0) is 15.9 Å². The van der Waals surface area contributed by atoms with Crippen LogP contribution in [0.25, 0.3) is 11.1 Å².